The van der Waals surface area contributed by atoms with E-state index in [4.69, 9.17) is 4.74 Å². The van der Waals surface area contributed by atoms with Gasteiger partial charge in [0.25, 0.3) is 0 Å². The van der Waals surface area contributed by atoms with Gasteiger partial charge in [0.15, 0.2) is 0 Å². The fourth-order valence-corrected chi connectivity index (χ4v) is 5.61. The number of anilines is 2. The smallest absolute Gasteiger partial charge is 0.341 e. The first kappa shape index (κ1) is 20.9. The molecular weight excluding hydrogens is 398 g/mol. The van der Waals surface area contributed by atoms with Crippen LogP contribution in [0, 0.1) is 0 Å². The molecule has 2 aromatic rings. The molecule has 0 unspecified atom stereocenters. The summed E-state index contributed by atoms with van der Waals surface area (Å²) in [7, 11) is 1.40. The number of benzene rings is 1. The summed E-state index contributed by atoms with van der Waals surface area (Å²) in [5.74, 6) is -0.411. The van der Waals surface area contributed by atoms with E-state index in [1.54, 1.807) is 11.3 Å². The summed E-state index contributed by atoms with van der Waals surface area (Å²) in [4.78, 5) is 30.9. The van der Waals surface area contributed by atoms with Gasteiger partial charge in [-0.2, -0.15) is 0 Å². The molecule has 1 saturated heterocycles. The molecule has 1 aromatic heterocycles. The molecule has 2 heterocycles. The van der Waals surface area contributed by atoms with E-state index in [0.717, 1.165) is 57.4 Å². The summed E-state index contributed by atoms with van der Waals surface area (Å²) in [6.07, 6.45) is 5.24. The van der Waals surface area contributed by atoms with Crippen molar-refractivity contribution in [1.29, 1.82) is 0 Å². The fraction of sp³-hybridized carbons (Fsp3) is 0.478. The van der Waals surface area contributed by atoms with Crippen molar-refractivity contribution in [1.82, 2.24) is 4.90 Å². The van der Waals surface area contributed by atoms with E-state index in [2.05, 4.69) is 39.4 Å². The van der Waals surface area contributed by atoms with Crippen molar-refractivity contribution in [3.63, 3.8) is 0 Å². The summed E-state index contributed by atoms with van der Waals surface area (Å²) < 4.78 is 5.03. The number of carbonyl (C=O) groups is 2. The zero-order chi connectivity index (χ0) is 20.9. The van der Waals surface area contributed by atoms with Gasteiger partial charge in [-0.05, 0) is 43.4 Å². The molecule has 0 saturated carbocycles. The summed E-state index contributed by atoms with van der Waals surface area (Å²) in [5.41, 5.74) is 2.88. The standard InChI is InChI=1S/C23H29N3O3S/c1-29-23(28)21-18-10-6-3-7-11-19(18)30-22(21)24-20(27)16-25-12-14-26(15-13-25)17-8-4-2-5-9-17/h2,4-5,8-9H,3,6-7,10-16H2,1H3,(H,24,27). The SMILES string of the molecule is COC(=O)c1c(NC(=O)CN2CCN(c3ccccc3)CC2)sc2c1CCCCC2. The minimum Gasteiger partial charge on any atom is -0.465 e. The number of methoxy groups -OCH3 is 1. The predicted molar refractivity (Wildman–Crippen MR) is 121 cm³/mol. The van der Waals surface area contributed by atoms with E-state index in [1.165, 1.54) is 24.1 Å². The second-order valence-corrected chi connectivity index (χ2v) is 9.01. The molecule has 1 aromatic carbocycles. The summed E-state index contributed by atoms with van der Waals surface area (Å²) in [6.45, 7) is 3.82. The van der Waals surface area contributed by atoms with E-state index < -0.39 is 0 Å². The van der Waals surface area contributed by atoms with Crippen molar-refractivity contribution >= 4 is 33.9 Å². The fourth-order valence-electron chi connectivity index (χ4n) is 4.32. The van der Waals surface area contributed by atoms with Gasteiger partial charge in [-0.25, -0.2) is 4.79 Å². The molecule has 1 aliphatic heterocycles. The van der Waals surface area contributed by atoms with E-state index >= 15 is 0 Å². The van der Waals surface area contributed by atoms with Crippen LogP contribution in [-0.4, -0.2) is 56.6 Å². The van der Waals surface area contributed by atoms with Gasteiger partial charge in [0.05, 0.1) is 19.2 Å². The normalized spacial score (nSPS) is 17.2. The number of fused-ring (bicyclic) bond motifs is 1. The van der Waals surface area contributed by atoms with Crippen molar-refractivity contribution in [3.05, 3.63) is 46.3 Å². The number of piperazine rings is 1. The second kappa shape index (κ2) is 9.62. The van der Waals surface area contributed by atoms with E-state index in [0.29, 0.717) is 17.1 Å². The summed E-state index contributed by atoms with van der Waals surface area (Å²) in [5, 5.41) is 3.67. The molecule has 4 rings (SSSR count). The maximum Gasteiger partial charge on any atom is 0.341 e. The summed E-state index contributed by atoms with van der Waals surface area (Å²) in [6, 6.07) is 10.4. The number of ether oxygens (including phenoxy) is 1. The molecule has 1 fully saturated rings. The third kappa shape index (κ3) is 4.68. The zero-order valence-corrected chi connectivity index (χ0v) is 18.3. The van der Waals surface area contributed by atoms with E-state index in [-0.39, 0.29) is 11.9 Å². The van der Waals surface area contributed by atoms with Crippen molar-refractivity contribution in [2.45, 2.75) is 32.1 Å². The van der Waals surface area contributed by atoms with Gasteiger partial charge in [0.2, 0.25) is 5.91 Å². The third-order valence-corrected chi connectivity index (χ3v) is 7.13. The second-order valence-electron chi connectivity index (χ2n) is 7.91. The number of amides is 1. The molecule has 30 heavy (non-hydrogen) atoms. The third-order valence-electron chi connectivity index (χ3n) is 5.92. The first-order chi connectivity index (χ1) is 14.7. The van der Waals surface area contributed by atoms with Crippen LogP contribution in [0.1, 0.15) is 40.1 Å². The molecule has 0 bridgehead atoms. The highest BCUT2D eigenvalue weighted by atomic mass is 32.1. The van der Waals surface area contributed by atoms with Crippen LogP contribution >= 0.6 is 11.3 Å². The minimum atomic E-state index is -0.346. The monoisotopic (exact) mass is 427 g/mol. The Morgan fingerprint density at radius 1 is 1.03 bits per heavy atom. The number of hydrogen-bond acceptors (Lipinski definition) is 6. The molecule has 0 atom stereocenters. The Morgan fingerprint density at radius 3 is 2.50 bits per heavy atom. The average Bonchev–Trinajstić information content (AvgIpc) is 2.94. The Labute approximate surface area is 181 Å². The molecule has 160 valence electrons. The van der Waals surface area contributed by atoms with Gasteiger partial charge in [0, 0.05) is 36.7 Å². The van der Waals surface area contributed by atoms with Crippen molar-refractivity contribution in [3.8, 4) is 0 Å². The van der Waals surface area contributed by atoms with Crippen LogP contribution in [-0.2, 0) is 22.4 Å². The molecule has 1 amide bonds. The molecule has 7 heteroatoms. The molecule has 0 radical (unpaired) electrons. The number of nitrogens with one attached hydrogen (secondary N) is 1. The quantitative estimate of drug-likeness (QED) is 0.584. The summed E-state index contributed by atoms with van der Waals surface area (Å²) >= 11 is 1.55. The maximum atomic E-state index is 12.8. The van der Waals surface area contributed by atoms with Crippen molar-refractivity contribution < 1.29 is 14.3 Å². The molecule has 2 aliphatic rings. The maximum absolute atomic E-state index is 12.8. The van der Waals surface area contributed by atoms with Crippen LogP contribution in [0.2, 0.25) is 0 Å². The number of rotatable bonds is 5. The van der Waals surface area contributed by atoms with Crippen molar-refractivity contribution in [2.75, 3.05) is 50.1 Å². The van der Waals surface area contributed by atoms with Gasteiger partial charge < -0.3 is 15.0 Å². The number of aryl methyl sites for hydroxylation is 1. The topological polar surface area (TPSA) is 61.9 Å². The average molecular weight is 428 g/mol. The van der Waals surface area contributed by atoms with Crippen LogP contribution in [0.25, 0.3) is 0 Å². The first-order valence-electron chi connectivity index (χ1n) is 10.7. The van der Waals surface area contributed by atoms with Crippen LogP contribution in [0.4, 0.5) is 10.7 Å². The lowest BCUT2D eigenvalue weighted by molar-refractivity contribution is -0.117. The molecule has 1 N–H and O–H groups in total. The highest BCUT2D eigenvalue weighted by Gasteiger charge is 2.27. The number of thiophene rings is 1. The van der Waals surface area contributed by atoms with Gasteiger partial charge >= 0.3 is 5.97 Å². The lowest BCUT2D eigenvalue weighted by atomic mass is 10.1. The lowest BCUT2D eigenvalue weighted by Crippen LogP contribution is -2.48. The Kier molecular flexibility index (Phi) is 6.69. The number of carbonyl (C=O) groups excluding carboxylic acids is 2. The Morgan fingerprint density at radius 2 is 1.77 bits per heavy atom. The van der Waals surface area contributed by atoms with Crippen LogP contribution < -0.4 is 10.2 Å². The lowest BCUT2D eigenvalue weighted by Gasteiger charge is -2.35. The number of esters is 1. The first-order valence-corrected chi connectivity index (χ1v) is 11.5. The Hall–Kier alpha value is -2.38. The Balaban J connectivity index is 1.38. The zero-order valence-electron chi connectivity index (χ0n) is 17.5. The van der Waals surface area contributed by atoms with E-state index in [9.17, 15) is 9.59 Å². The van der Waals surface area contributed by atoms with Gasteiger partial charge in [0.1, 0.15) is 5.00 Å². The highest BCUT2D eigenvalue weighted by molar-refractivity contribution is 7.17. The number of nitrogens with zero attached hydrogens (tertiary/aromatic N) is 2. The number of para-hydroxylation sites is 1. The van der Waals surface area contributed by atoms with Crippen LogP contribution in [0.3, 0.4) is 0 Å². The highest BCUT2D eigenvalue weighted by Crippen LogP contribution is 2.38. The van der Waals surface area contributed by atoms with Crippen LogP contribution in [0.15, 0.2) is 30.3 Å². The van der Waals surface area contributed by atoms with Crippen molar-refractivity contribution in [2.24, 2.45) is 0 Å². The Bertz CT molecular complexity index is 889. The molecule has 0 spiro atoms. The largest absolute Gasteiger partial charge is 0.465 e. The minimum absolute atomic E-state index is 0.0651. The molecule has 6 nitrogen and oxygen atoms in total. The van der Waals surface area contributed by atoms with Gasteiger partial charge in [-0.3, -0.25) is 9.69 Å². The van der Waals surface area contributed by atoms with Gasteiger partial charge in [-0.15, -0.1) is 11.3 Å². The molecular formula is C23H29N3O3S. The predicted octanol–water partition coefficient (Wildman–Crippen LogP) is 3.56. The van der Waals surface area contributed by atoms with Crippen LogP contribution in [0.5, 0.6) is 0 Å². The van der Waals surface area contributed by atoms with Gasteiger partial charge in [-0.1, -0.05) is 24.6 Å². The molecule has 1 aliphatic carbocycles. The van der Waals surface area contributed by atoms with E-state index in [1.807, 2.05) is 6.07 Å². The number of hydrogen-bond donors (Lipinski definition) is 1.